The van der Waals surface area contributed by atoms with Crippen LogP contribution in [0.25, 0.3) is 0 Å². The molecule has 3 heteroatoms. The minimum atomic E-state index is 0.231. The lowest BCUT2D eigenvalue weighted by Crippen LogP contribution is -2.36. The third kappa shape index (κ3) is 3.56. The second kappa shape index (κ2) is 5.06. The predicted octanol–water partition coefficient (Wildman–Crippen LogP) is 2.51. The third-order valence-corrected chi connectivity index (χ3v) is 3.07. The fourth-order valence-electron chi connectivity index (χ4n) is 1.83. The molecule has 0 aromatic heterocycles. The Morgan fingerprint density at radius 2 is 2.20 bits per heavy atom. The van der Waals surface area contributed by atoms with Crippen LogP contribution in [0.5, 0.6) is 0 Å². The summed E-state index contributed by atoms with van der Waals surface area (Å²) in [6.45, 7) is 8.33. The van der Waals surface area contributed by atoms with Crippen molar-refractivity contribution in [3.8, 4) is 0 Å². The molecule has 0 aromatic carbocycles. The van der Waals surface area contributed by atoms with Crippen molar-refractivity contribution in [1.82, 2.24) is 4.90 Å². The van der Waals surface area contributed by atoms with E-state index in [-0.39, 0.29) is 11.3 Å². The van der Waals surface area contributed by atoms with Crippen LogP contribution in [0.1, 0.15) is 33.6 Å². The number of nitrogens with zero attached hydrogens (tertiary/aromatic N) is 1. The summed E-state index contributed by atoms with van der Waals surface area (Å²) in [5.41, 5.74) is 1.72. The Morgan fingerprint density at radius 1 is 1.53 bits per heavy atom. The Bertz CT molecular complexity index is 265. The van der Waals surface area contributed by atoms with Crippen molar-refractivity contribution in [2.24, 2.45) is 5.41 Å². The molecule has 0 atom stereocenters. The average molecular weight is 227 g/mol. The van der Waals surface area contributed by atoms with Gasteiger partial charge in [-0.1, -0.05) is 32.4 Å². The van der Waals surface area contributed by atoms with E-state index in [2.05, 4.69) is 39.5 Å². The summed E-state index contributed by atoms with van der Waals surface area (Å²) < 4.78 is 0. The maximum absolute atomic E-state index is 11.6. The van der Waals surface area contributed by atoms with E-state index in [9.17, 15) is 4.79 Å². The van der Waals surface area contributed by atoms with E-state index in [1.165, 1.54) is 5.57 Å². The smallest absolute Gasteiger partial charge is 0.223 e. The summed E-state index contributed by atoms with van der Waals surface area (Å²) in [5, 5.41) is 0. The molecule has 0 bridgehead atoms. The molecule has 1 aliphatic rings. The summed E-state index contributed by atoms with van der Waals surface area (Å²) in [6.07, 6.45) is 3.78. The number of hydrogen-bond donors (Lipinski definition) is 1. The number of amides is 1. The van der Waals surface area contributed by atoms with Gasteiger partial charge < -0.3 is 4.90 Å². The Hall–Kier alpha value is -0.440. The number of thiol groups is 1. The standard InChI is InChI=1S/C12H21NOS/c1-12(2,3)10-4-7-13(8-5-10)11(14)6-9-15/h4,15H,5-9H2,1-3H3. The van der Waals surface area contributed by atoms with Gasteiger partial charge in [-0.25, -0.2) is 0 Å². The van der Waals surface area contributed by atoms with Gasteiger partial charge in [-0.2, -0.15) is 12.6 Å². The van der Waals surface area contributed by atoms with Gasteiger partial charge in [0.1, 0.15) is 0 Å². The monoisotopic (exact) mass is 227 g/mol. The van der Waals surface area contributed by atoms with Crippen LogP contribution in [-0.4, -0.2) is 29.6 Å². The van der Waals surface area contributed by atoms with Crippen LogP contribution < -0.4 is 0 Å². The second-order valence-corrected chi connectivity index (χ2v) is 5.49. The molecular formula is C12H21NOS. The van der Waals surface area contributed by atoms with E-state index in [1.807, 2.05) is 4.90 Å². The molecule has 1 amide bonds. The number of carbonyl (C=O) groups is 1. The number of rotatable bonds is 2. The highest BCUT2D eigenvalue weighted by Gasteiger charge is 2.22. The van der Waals surface area contributed by atoms with Crippen LogP contribution >= 0.6 is 12.6 Å². The van der Waals surface area contributed by atoms with Crippen molar-refractivity contribution in [3.05, 3.63) is 11.6 Å². The van der Waals surface area contributed by atoms with Crippen LogP contribution in [0, 0.1) is 5.41 Å². The zero-order valence-corrected chi connectivity index (χ0v) is 10.8. The van der Waals surface area contributed by atoms with Crippen LogP contribution in [0.2, 0.25) is 0 Å². The Labute approximate surface area is 98.1 Å². The Morgan fingerprint density at radius 3 is 2.60 bits per heavy atom. The normalized spacial score (nSPS) is 17.6. The summed E-state index contributed by atoms with van der Waals surface area (Å²) in [6, 6.07) is 0. The SMILES string of the molecule is CC(C)(C)C1=CCN(C(=O)CCS)CC1. The van der Waals surface area contributed by atoms with Gasteiger partial charge in [0.25, 0.3) is 0 Å². The zero-order chi connectivity index (χ0) is 11.5. The molecule has 1 heterocycles. The molecule has 0 radical (unpaired) electrons. The van der Waals surface area contributed by atoms with E-state index in [0.717, 1.165) is 19.5 Å². The molecule has 0 unspecified atom stereocenters. The average Bonchev–Trinajstić information content (AvgIpc) is 2.17. The summed E-state index contributed by atoms with van der Waals surface area (Å²) >= 11 is 4.08. The van der Waals surface area contributed by atoms with Crippen molar-refractivity contribution < 1.29 is 4.79 Å². The summed E-state index contributed by atoms with van der Waals surface area (Å²) in [4.78, 5) is 13.5. The van der Waals surface area contributed by atoms with E-state index in [0.29, 0.717) is 12.2 Å². The highest BCUT2D eigenvalue weighted by Crippen LogP contribution is 2.30. The largest absolute Gasteiger partial charge is 0.339 e. The summed E-state index contributed by atoms with van der Waals surface area (Å²) in [7, 11) is 0. The van der Waals surface area contributed by atoms with Gasteiger partial charge in [0.15, 0.2) is 0 Å². The van der Waals surface area contributed by atoms with Gasteiger partial charge in [0.05, 0.1) is 0 Å². The first-order chi connectivity index (χ1) is 6.95. The first kappa shape index (κ1) is 12.6. The molecular weight excluding hydrogens is 206 g/mol. The third-order valence-electron chi connectivity index (χ3n) is 2.85. The zero-order valence-electron chi connectivity index (χ0n) is 9.92. The van der Waals surface area contributed by atoms with E-state index in [4.69, 9.17) is 0 Å². The van der Waals surface area contributed by atoms with Gasteiger partial charge in [-0.05, 0) is 17.6 Å². The van der Waals surface area contributed by atoms with Gasteiger partial charge in [-0.3, -0.25) is 4.79 Å². The molecule has 0 saturated heterocycles. The molecule has 1 rings (SSSR count). The topological polar surface area (TPSA) is 20.3 Å². The molecule has 1 aliphatic heterocycles. The minimum absolute atomic E-state index is 0.231. The van der Waals surface area contributed by atoms with Crippen LogP contribution in [0.3, 0.4) is 0 Å². The molecule has 0 aromatic rings. The Balaban J connectivity index is 2.54. The second-order valence-electron chi connectivity index (χ2n) is 5.04. The van der Waals surface area contributed by atoms with Crippen LogP contribution in [-0.2, 0) is 4.79 Å². The van der Waals surface area contributed by atoms with E-state index >= 15 is 0 Å². The van der Waals surface area contributed by atoms with Gasteiger partial charge in [0, 0.05) is 19.5 Å². The van der Waals surface area contributed by atoms with Crippen molar-refractivity contribution >= 4 is 18.5 Å². The van der Waals surface area contributed by atoms with Gasteiger partial charge in [0.2, 0.25) is 5.91 Å². The first-order valence-electron chi connectivity index (χ1n) is 5.53. The molecule has 0 spiro atoms. The highest BCUT2D eigenvalue weighted by atomic mass is 32.1. The van der Waals surface area contributed by atoms with Crippen LogP contribution in [0.4, 0.5) is 0 Å². The maximum Gasteiger partial charge on any atom is 0.223 e. The molecule has 0 N–H and O–H groups in total. The van der Waals surface area contributed by atoms with E-state index < -0.39 is 0 Å². The maximum atomic E-state index is 11.6. The lowest BCUT2D eigenvalue weighted by molar-refractivity contribution is -0.130. The predicted molar refractivity (Wildman–Crippen MR) is 67.2 cm³/mol. The first-order valence-corrected chi connectivity index (χ1v) is 6.16. The van der Waals surface area contributed by atoms with Crippen molar-refractivity contribution in [1.29, 1.82) is 0 Å². The van der Waals surface area contributed by atoms with Gasteiger partial charge >= 0.3 is 0 Å². The number of hydrogen-bond acceptors (Lipinski definition) is 2. The molecule has 86 valence electrons. The number of carbonyl (C=O) groups excluding carboxylic acids is 1. The molecule has 15 heavy (non-hydrogen) atoms. The summed E-state index contributed by atoms with van der Waals surface area (Å²) in [5.74, 6) is 0.875. The molecule has 0 aliphatic carbocycles. The van der Waals surface area contributed by atoms with Crippen molar-refractivity contribution in [2.75, 3.05) is 18.8 Å². The van der Waals surface area contributed by atoms with E-state index in [1.54, 1.807) is 0 Å². The van der Waals surface area contributed by atoms with Crippen molar-refractivity contribution in [3.63, 3.8) is 0 Å². The quantitative estimate of drug-likeness (QED) is 0.568. The van der Waals surface area contributed by atoms with Gasteiger partial charge in [-0.15, -0.1) is 0 Å². The van der Waals surface area contributed by atoms with Crippen LogP contribution in [0.15, 0.2) is 11.6 Å². The lowest BCUT2D eigenvalue weighted by Gasteiger charge is -2.32. The highest BCUT2D eigenvalue weighted by molar-refractivity contribution is 7.80. The fraction of sp³-hybridized carbons (Fsp3) is 0.750. The lowest BCUT2D eigenvalue weighted by atomic mass is 9.83. The molecule has 0 saturated carbocycles. The van der Waals surface area contributed by atoms with Crippen molar-refractivity contribution in [2.45, 2.75) is 33.6 Å². The fourth-order valence-corrected chi connectivity index (χ4v) is 2.02. The molecule has 2 nitrogen and oxygen atoms in total. The Kier molecular flexibility index (Phi) is 4.26. The molecule has 0 fully saturated rings. The minimum Gasteiger partial charge on any atom is -0.339 e.